The standard InChI is InChI=1S/C32H36N2O4/c1-4-15-34-16-14-32(26-10-7-11-28(18-26)37-3)20-27(19-30(29(32)21-34)38-22(2)35)33-31(36)25-13-12-23-8-5-6-9-24(23)17-25/h4-13,17-18,27,29-30H,1,14-16,19-21H2,2-3H3,(H,33,36). The van der Waals surface area contributed by atoms with Crippen LogP contribution in [0.5, 0.6) is 5.75 Å². The number of esters is 1. The van der Waals surface area contributed by atoms with E-state index in [0.717, 1.165) is 49.0 Å². The Morgan fingerprint density at radius 1 is 1.11 bits per heavy atom. The van der Waals surface area contributed by atoms with Crippen molar-refractivity contribution in [3.05, 3.63) is 90.5 Å². The highest BCUT2D eigenvalue weighted by atomic mass is 16.5. The van der Waals surface area contributed by atoms with Crippen LogP contribution in [0.1, 0.15) is 42.1 Å². The summed E-state index contributed by atoms with van der Waals surface area (Å²) in [5, 5.41) is 5.44. The molecule has 0 bridgehead atoms. The van der Waals surface area contributed by atoms with E-state index in [0.29, 0.717) is 12.0 Å². The summed E-state index contributed by atoms with van der Waals surface area (Å²) in [4.78, 5) is 28.1. The zero-order valence-corrected chi connectivity index (χ0v) is 22.2. The second kappa shape index (κ2) is 11.0. The van der Waals surface area contributed by atoms with Crippen molar-refractivity contribution in [1.82, 2.24) is 10.2 Å². The van der Waals surface area contributed by atoms with Crippen LogP contribution in [0.4, 0.5) is 0 Å². The molecule has 1 saturated heterocycles. The van der Waals surface area contributed by atoms with E-state index in [9.17, 15) is 9.59 Å². The molecule has 4 unspecified atom stereocenters. The molecule has 2 aliphatic rings. The van der Waals surface area contributed by atoms with Gasteiger partial charge in [0.05, 0.1) is 7.11 Å². The summed E-state index contributed by atoms with van der Waals surface area (Å²) in [6.45, 7) is 7.88. The first kappa shape index (κ1) is 26.0. The molecule has 3 aromatic carbocycles. The number of carbonyl (C=O) groups excluding carboxylic acids is 2. The lowest BCUT2D eigenvalue weighted by atomic mass is 9.57. The van der Waals surface area contributed by atoms with Gasteiger partial charge in [0.2, 0.25) is 0 Å². The Balaban J connectivity index is 1.49. The Morgan fingerprint density at radius 3 is 2.68 bits per heavy atom. The molecule has 0 spiro atoms. The Morgan fingerprint density at radius 2 is 1.92 bits per heavy atom. The van der Waals surface area contributed by atoms with Gasteiger partial charge in [0.1, 0.15) is 11.9 Å². The van der Waals surface area contributed by atoms with Crippen LogP contribution >= 0.6 is 0 Å². The summed E-state index contributed by atoms with van der Waals surface area (Å²) in [7, 11) is 1.68. The maximum atomic E-state index is 13.5. The molecule has 2 fully saturated rings. The molecule has 1 amide bonds. The maximum Gasteiger partial charge on any atom is 0.302 e. The van der Waals surface area contributed by atoms with Crippen LogP contribution in [0.15, 0.2) is 79.4 Å². The highest BCUT2D eigenvalue weighted by molar-refractivity contribution is 5.98. The van der Waals surface area contributed by atoms with Gasteiger partial charge in [-0.15, -0.1) is 6.58 Å². The smallest absolute Gasteiger partial charge is 0.302 e. The van der Waals surface area contributed by atoms with Crippen molar-refractivity contribution < 1.29 is 19.1 Å². The second-order valence-corrected chi connectivity index (χ2v) is 10.6. The number of nitrogens with zero attached hydrogens (tertiary/aromatic N) is 1. The van der Waals surface area contributed by atoms with Crippen LogP contribution in [0, 0.1) is 5.92 Å². The number of benzene rings is 3. The number of likely N-dealkylation sites (tertiary alicyclic amines) is 1. The minimum atomic E-state index is -0.318. The van der Waals surface area contributed by atoms with Crippen molar-refractivity contribution in [1.29, 1.82) is 0 Å². The molecule has 1 N–H and O–H groups in total. The summed E-state index contributed by atoms with van der Waals surface area (Å²) >= 11 is 0. The fourth-order valence-electron chi connectivity index (χ4n) is 6.59. The van der Waals surface area contributed by atoms with Gasteiger partial charge in [-0.1, -0.05) is 48.5 Å². The number of rotatable bonds is 7. The number of carbonyl (C=O) groups is 2. The molecule has 1 aliphatic heterocycles. The van der Waals surface area contributed by atoms with E-state index in [1.54, 1.807) is 7.11 Å². The van der Waals surface area contributed by atoms with Crippen LogP contribution < -0.4 is 10.1 Å². The third-order valence-corrected chi connectivity index (χ3v) is 8.31. The predicted molar refractivity (Wildman–Crippen MR) is 149 cm³/mol. The van der Waals surface area contributed by atoms with Crippen molar-refractivity contribution in [2.45, 2.75) is 43.7 Å². The predicted octanol–water partition coefficient (Wildman–Crippen LogP) is 5.12. The minimum Gasteiger partial charge on any atom is -0.497 e. The number of piperidine rings is 1. The van der Waals surface area contributed by atoms with E-state index in [-0.39, 0.29) is 35.4 Å². The Kier molecular flexibility index (Phi) is 7.52. The van der Waals surface area contributed by atoms with Crippen molar-refractivity contribution in [2.24, 2.45) is 5.92 Å². The van der Waals surface area contributed by atoms with Crippen molar-refractivity contribution in [3.63, 3.8) is 0 Å². The molecule has 5 rings (SSSR count). The van der Waals surface area contributed by atoms with E-state index >= 15 is 0 Å². The van der Waals surface area contributed by atoms with Crippen LogP contribution in [-0.2, 0) is 14.9 Å². The van der Waals surface area contributed by atoms with Crippen LogP contribution in [0.3, 0.4) is 0 Å². The lowest BCUT2D eigenvalue weighted by molar-refractivity contribution is -0.157. The zero-order valence-electron chi connectivity index (χ0n) is 22.2. The summed E-state index contributed by atoms with van der Waals surface area (Å²) in [6.07, 6.45) is 3.84. The van der Waals surface area contributed by atoms with Crippen molar-refractivity contribution in [3.8, 4) is 5.75 Å². The molecule has 38 heavy (non-hydrogen) atoms. The molecule has 1 heterocycles. The largest absolute Gasteiger partial charge is 0.497 e. The first-order valence-electron chi connectivity index (χ1n) is 13.4. The monoisotopic (exact) mass is 512 g/mol. The number of methoxy groups -OCH3 is 1. The molecule has 3 aromatic rings. The lowest BCUT2D eigenvalue weighted by Gasteiger charge is -2.55. The first-order chi connectivity index (χ1) is 18.4. The molecular formula is C32H36N2O4. The van der Waals surface area contributed by atoms with E-state index < -0.39 is 0 Å². The molecular weight excluding hydrogens is 476 g/mol. The number of nitrogens with one attached hydrogen (secondary N) is 1. The fourth-order valence-corrected chi connectivity index (χ4v) is 6.59. The molecule has 6 nitrogen and oxygen atoms in total. The van der Waals surface area contributed by atoms with Crippen LogP contribution in [0.25, 0.3) is 10.8 Å². The average molecular weight is 513 g/mol. The van der Waals surface area contributed by atoms with Gasteiger partial charge in [-0.2, -0.15) is 0 Å². The summed E-state index contributed by atoms with van der Waals surface area (Å²) in [5.74, 6) is 0.485. The van der Waals surface area contributed by atoms with E-state index in [2.05, 4.69) is 28.9 Å². The second-order valence-electron chi connectivity index (χ2n) is 10.6. The molecule has 1 aliphatic carbocycles. The highest BCUT2D eigenvalue weighted by Crippen LogP contribution is 2.50. The molecule has 0 radical (unpaired) electrons. The van der Waals surface area contributed by atoms with Crippen molar-refractivity contribution >= 4 is 22.6 Å². The summed E-state index contributed by atoms with van der Waals surface area (Å²) in [5.41, 5.74) is 1.53. The number of ether oxygens (including phenoxy) is 2. The number of hydrogen-bond acceptors (Lipinski definition) is 5. The average Bonchev–Trinajstić information content (AvgIpc) is 2.93. The lowest BCUT2D eigenvalue weighted by Crippen LogP contribution is -2.61. The van der Waals surface area contributed by atoms with Gasteiger partial charge in [0.15, 0.2) is 0 Å². The van der Waals surface area contributed by atoms with Crippen molar-refractivity contribution in [2.75, 3.05) is 26.7 Å². The molecule has 1 saturated carbocycles. The molecule has 198 valence electrons. The number of fused-ring (bicyclic) bond motifs is 2. The quantitative estimate of drug-likeness (QED) is 0.352. The van der Waals surface area contributed by atoms with Crippen LogP contribution in [0.2, 0.25) is 0 Å². The topological polar surface area (TPSA) is 67.9 Å². The van der Waals surface area contributed by atoms with E-state index in [1.807, 2.05) is 60.7 Å². The summed E-state index contributed by atoms with van der Waals surface area (Å²) in [6, 6.07) is 21.9. The SMILES string of the molecule is C=CCN1CCC2(c3cccc(OC)c3)CC(NC(=O)c3ccc4ccccc4c3)CC(OC(C)=O)C2C1. The first-order valence-corrected chi connectivity index (χ1v) is 13.4. The Labute approximate surface area is 224 Å². The highest BCUT2D eigenvalue weighted by Gasteiger charge is 2.53. The third-order valence-electron chi connectivity index (χ3n) is 8.31. The van der Waals surface area contributed by atoms with E-state index in [4.69, 9.17) is 9.47 Å². The van der Waals surface area contributed by atoms with Gasteiger partial charge in [0.25, 0.3) is 5.91 Å². The van der Waals surface area contributed by atoms with Gasteiger partial charge in [0, 0.05) is 49.4 Å². The van der Waals surface area contributed by atoms with E-state index in [1.165, 1.54) is 12.5 Å². The minimum absolute atomic E-state index is 0.0843. The zero-order chi connectivity index (χ0) is 26.7. The molecule has 6 heteroatoms. The molecule has 4 atom stereocenters. The normalized spacial score (nSPS) is 25.3. The number of amides is 1. The van der Waals surface area contributed by atoms with Gasteiger partial charge in [-0.25, -0.2) is 0 Å². The fraction of sp³-hybridized carbons (Fsp3) is 0.375. The molecule has 0 aromatic heterocycles. The van der Waals surface area contributed by atoms with Gasteiger partial charge < -0.3 is 14.8 Å². The Bertz CT molecular complexity index is 1340. The Hall–Kier alpha value is -3.64. The van der Waals surface area contributed by atoms with Gasteiger partial charge >= 0.3 is 5.97 Å². The number of hydrogen-bond donors (Lipinski definition) is 1. The maximum absolute atomic E-state index is 13.5. The van der Waals surface area contributed by atoms with Gasteiger partial charge in [-0.05, 0) is 60.0 Å². The van der Waals surface area contributed by atoms with Crippen LogP contribution in [-0.4, -0.2) is 55.7 Å². The summed E-state index contributed by atoms with van der Waals surface area (Å²) < 4.78 is 11.6. The third kappa shape index (κ3) is 5.18. The van der Waals surface area contributed by atoms with Gasteiger partial charge in [-0.3, -0.25) is 14.5 Å².